The summed E-state index contributed by atoms with van der Waals surface area (Å²) in [6, 6.07) is 29.1. The van der Waals surface area contributed by atoms with E-state index in [0.29, 0.717) is 11.5 Å². The maximum absolute atomic E-state index is 12.7. The van der Waals surface area contributed by atoms with Gasteiger partial charge >= 0.3 is 12.1 Å². The van der Waals surface area contributed by atoms with E-state index in [1.54, 1.807) is 19.2 Å². The molecule has 0 fully saturated rings. The van der Waals surface area contributed by atoms with Crippen molar-refractivity contribution in [2.75, 3.05) is 20.3 Å². The number of carbonyl (C=O) groups excluding carboxylic acids is 1. The van der Waals surface area contributed by atoms with Crippen LogP contribution in [0.5, 0.6) is 11.5 Å². The number of ether oxygens (including phenoxy) is 3. The number of methoxy groups -OCH3 is 1. The van der Waals surface area contributed by atoms with Gasteiger partial charge in [0, 0.05) is 12.5 Å². The Hall–Kier alpha value is -4.78. The number of amides is 1. The van der Waals surface area contributed by atoms with Gasteiger partial charge in [-0.1, -0.05) is 66.7 Å². The number of carbonyl (C=O) groups is 2. The van der Waals surface area contributed by atoms with Crippen LogP contribution in [0, 0.1) is 0 Å². The van der Waals surface area contributed by atoms with Crippen molar-refractivity contribution in [2.24, 2.45) is 0 Å². The molecule has 192 valence electrons. The van der Waals surface area contributed by atoms with Crippen LogP contribution in [0.1, 0.15) is 22.6 Å². The average molecular weight is 510 g/mol. The van der Waals surface area contributed by atoms with Crippen molar-refractivity contribution >= 4 is 12.1 Å². The van der Waals surface area contributed by atoms with Crippen molar-refractivity contribution in [3.05, 3.63) is 108 Å². The topological polar surface area (TPSA) is 94.1 Å². The van der Waals surface area contributed by atoms with E-state index in [0.717, 1.165) is 27.8 Å². The molecule has 0 atom stereocenters. The normalized spacial score (nSPS) is 11.8. The van der Waals surface area contributed by atoms with Gasteiger partial charge in [0.05, 0.1) is 7.11 Å². The Kier molecular flexibility index (Phi) is 7.26. The van der Waals surface area contributed by atoms with Crippen molar-refractivity contribution in [3.8, 4) is 33.8 Å². The Labute approximate surface area is 220 Å². The first-order valence-corrected chi connectivity index (χ1v) is 12.2. The second kappa shape index (κ2) is 11.1. The van der Waals surface area contributed by atoms with Crippen LogP contribution < -0.4 is 14.8 Å². The number of nitrogens with one attached hydrogen (secondary N) is 1. The summed E-state index contributed by atoms with van der Waals surface area (Å²) in [6.07, 6.45) is -0.494. The molecule has 0 heterocycles. The number of hydrogen-bond acceptors (Lipinski definition) is 5. The van der Waals surface area contributed by atoms with E-state index < -0.39 is 18.7 Å². The Balaban J connectivity index is 1.26. The van der Waals surface area contributed by atoms with Gasteiger partial charge in [-0.25, -0.2) is 9.59 Å². The first-order valence-electron chi connectivity index (χ1n) is 12.2. The monoisotopic (exact) mass is 509 g/mol. The third-order valence-electron chi connectivity index (χ3n) is 6.61. The van der Waals surface area contributed by atoms with Crippen LogP contribution in [0.25, 0.3) is 22.3 Å². The van der Waals surface area contributed by atoms with E-state index in [-0.39, 0.29) is 19.1 Å². The highest BCUT2D eigenvalue weighted by atomic mass is 16.5. The SMILES string of the molecule is COc1ccc(CNC(=O)OCC2c3ccccc3-c3ccccc32)c(-c2ccc(OCC(=O)O)cc2)c1. The first-order chi connectivity index (χ1) is 18.5. The second-order valence-electron chi connectivity index (χ2n) is 8.91. The summed E-state index contributed by atoms with van der Waals surface area (Å²) in [4.78, 5) is 23.5. The summed E-state index contributed by atoms with van der Waals surface area (Å²) >= 11 is 0. The highest BCUT2D eigenvalue weighted by Gasteiger charge is 2.29. The number of aliphatic carboxylic acids is 1. The van der Waals surface area contributed by atoms with Gasteiger partial charge in [-0.2, -0.15) is 0 Å². The van der Waals surface area contributed by atoms with Crippen LogP contribution in [-0.2, 0) is 16.1 Å². The third kappa shape index (κ3) is 5.32. The molecule has 0 spiro atoms. The highest BCUT2D eigenvalue weighted by molar-refractivity contribution is 5.79. The summed E-state index contributed by atoms with van der Waals surface area (Å²) in [5, 5.41) is 11.7. The lowest BCUT2D eigenvalue weighted by Gasteiger charge is -2.16. The van der Waals surface area contributed by atoms with Crippen molar-refractivity contribution in [3.63, 3.8) is 0 Å². The van der Waals surface area contributed by atoms with Crippen molar-refractivity contribution in [1.82, 2.24) is 5.32 Å². The average Bonchev–Trinajstić information content (AvgIpc) is 3.27. The molecular formula is C31H27NO6. The lowest BCUT2D eigenvalue weighted by Crippen LogP contribution is -2.26. The molecule has 2 N–H and O–H groups in total. The van der Waals surface area contributed by atoms with Gasteiger partial charge in [0.25, 0.3) is 0 Å². The number of hydrogen-bond donors (Lipinski definition) is 2. The molecular weight excluding hydrogens is 482 g/mol. The molecule has 0 unspecified atom stereocenters. The summed E-state index contributed by atoms with van der Waals surface area (Å²) in [5.74, 6) is 0.0866. The fourth-order valence-corrected chi connectivity index (χ4v) is 4.80. The molecule has 0 aromatic heterocycles. The number of carboxylic acids is 1. The van der Waals surface area contributed by atoms with Gasteiger partial charge in [-0.05, 0) is 63.2 Å². The van der Waals surface area contributed by atoms with E-state index >= 15 is 0 Å². The molecule has 0 radical (unpaired) electrons. The Morgan fingerprint density at radius 2 is 1.45 bits per heavy atom. The van der Waals surface area contributed by atoms with Crippen LogP contribution in [0.4, 0.5) is 4.79 Å². The van der Waals surface area contributed by atoms with E-state index in [9.17, 15) is 9.59 Å². The number of benzene rings is 4. The fraction of sp³-hybridized carbons (Fsp3) is 0.161. The van der Waals surface area contributed by atoms with Crippen molar-refractivity contribution < 1.29 is 28.9 Å². The summed E-state index contributed by atoms with van der Waals surface area (Å²) in [6.45, 7) is 0.0915. The maximum atomic E-state index is 12.7. The Morgan fingerprint density at radius 3 is 2.08 bits per heavy atom. The number of fused-ring (bicyclic) bond motifs is 3. The van der Waals surface area contributed by atoms with Crippen molar-refractivity contribution in [1.29, 1.82) is 0 Å². The molecule has 5 rings (SSSR count). The second-order valence-corrected chi connectivity index (χ2v) is 8.91. The minimum atomic E-state index is -1.04. The maximum Gasteiger partial charge on any atom is 0.407 e. The summed E-state index contributed by atoms with van der Waals surface area (Å²) in [7, 11) is 1.59. The van der Waals surface area contributed by atoms with Crippen LogP contribution >= 0.6 is 0 Å². The van der Waals surface area contributed by atoms with Crippen LogP contribution in [0.3, 0.4) is 0 Å². The van der Waals surface area contributed by atoms with Gasteiger partial charge < -0.3 is 24.6 Å². The molecule has 0 bridgehead atoms. The summed E-state index contributed by atoms with van der Waals surface area (Å²) < 4.78 is 16.3. The quantitative estimate of drug-likeness (QED) is 0.293. The predicted molar refractivity (Wildman–Crippen MR) is 143 cm³/mol. The Morgan fingerprint density at radius 1 is 0.816 bits per heavy atom. The molecule has 0 saturated carbocycles. The van der Waals surface area contributed by atoms with Gasteiger partial charge in [0.1, 0.15) is 18.1 Å². The molecule has 7 nitrogen and oxygen atoms in total. The van der Waals surface area contributed by atoms with E-state index in [4.69, 9.17) is 19.3 Å². The van der Waals surface area contributed by atoms with Crippen molar-refractivity contribution in [2.45, 2.75) is 12.5 Å². The van der Waals surface area contributed by atoms with Crippen LogP contribution in [-0.4, -0.2) is 37.5 Å². The summed E-state index contributed by atoms with van der Waals surface area (Å²) in [5.41, 5.74) is 7.30. The van der Waals surface area contributed by atoms with Gasteiger partial charge in [-0.15, -0.1) is 0 Å². The molecule has 1 amide bonds. The Bertz CT molecular complexity index is 1420. The van der Waals surface area contributed by atoms with Crippen LogP contribution in [0.2, 0.25) is 0 Å². The van der Waals surface area contributed by atoms with Crippen LogP contribution in [0.15, 0.2) is 91.0 Å². The third-order valence-corrected chi connectivity index (χ3v) is 6.61. The van der Waals surface area contributed by atoms with E-state index in [1.807, 2.05) is 54.6 Å². The minimum Gasteiger partial charge on any atom is -0.497 e. The zero-order valence-electron chi connectivity index (χ0n) is 20.8. The molecule has 38 heavy (non-hydrogen) atoms. The first kappa shape index (κ1) is 24.9. The fourth-order valence-electron chi connectivity index (χ4n) is 4.80. The predicted octanol–water partition coefficient (Wildman–Crippen LogP) is 5.86. The largest absolute Gasteiger partial charge is 0.497 e. The molecule has 4 aromatic carbocycles. The molecule has 1 aliphatic carbocycles. The lowest BCUT2D eigenvalue weighted by molar-refractivity contribution is -0.139. The number of alkyl carbamates (subject to hydrolysis) is 1. The van der Waals surface area contributed by atoms with Gasteiger partial charge in [-0.3, -0.25) is 0 Å². The molecule has 4 aromatic rings. The molecule has 0 saturated heterocycles. The zero-order valence-corrected chi connectivity index (χ0v) is 20.8. The molecule has 1 aliphatic rings. The van der Waals surface area contributed by atoms with E-state index in [1.165, 1.54) is 11.1 Å². The van der Waals surface area contributed by atoms with Gasteiger partial charge in [0.15, 0.2) is 6.61 Å². The van der Waals surface area contributed by atoms with Gasteiger partial charge in [0.2, 0.25) is 0 Å². The highest BCUT2D eigenvalue weighted by Crippen LogP contribution is 2.44. The zero-order chi connectivity index (χ0) is 26.5. The lowest BCUT2D eigenvalue weighted by atomic mass is 9.98. The smallest absolute Gasteiger partial charge is 0.407 e. The number of carboxylic acid groups (broad SMARTS) is 1. The standard InChI is InChI=1S/C31H27NO6/c1-36-23-15-12-21(28(16-23)20-10-13-22(14-11-20)37-19-30(33)34)17-32-31(35)38-18-29-26-8-4-2-6-24(26)25-7-3-5-9-27(25)29/h2-16,29H,17-19H2,1H3,(H,32,35)(H,33,34). The number of rotatable bonds is 9. The molecule has 7 heteroatoms. The molecule has 0 aliphatic heterocycles. The van der Waals surface area contributed by atoms with E-state index in [2.05, 4.69) is 29.6 Å². The minimum absolute atomic E-state index is 0.00782.